The number of rotatable bonds is 9. The van der Waals surface area contributed by atoms with Crippen molar-refractivity contribution in [3.05, 3.63) is 53.0 Å². The van der Waals surface area contributed by atoms with Crippen LogP contribution in [0.25, 0.3) is 10.2 Å². The maximum atomic E-state index is 12.9. The van der Waals surface area contributed by atoms with Gasteiger partial charge in [0.05, 0.1) is 36.5 Å². The van der Waals surface area contributed by atoms with Gasteiger partial charge in [0.1, 0.15) is 5.01 Å². The average molecular weight is 428 g/mol. The number of nitrogens with zero attached hydrogens (tertiary/aromatic N) is 3. The van der Waals surface area contributed by atoms with Crippen LogP contribution in [0.3, 0.4) is 0 Å². The second-order valence-electron chi connectivity index (χ2n) is 7.29. The summed E-state index contributed by atoms with van der Waals surface area (Å²) in [7, 11) is 5.41. The number of para-hydroxylation sites is 1. The van der Waals surface area contributed by atoms with Crippen molar-refractivity contribution in [2.45, 2.75) is 26.4 Å². The molecule has 1 aromatic heterocycles. The lowest BCUT2D eigenvalue weighted by Gasteiger charge is -2.26. The lowest BCUT2D eigenvalue weighted by Crippen LogP contribution is -2.37. The summed E-state index contributed by atoms with van der Waals surface area (Å²) >= 11 is 1.64. The molecule has 1 amide bonds. The van der Waals surface area contributed by atoms with Gasteiger partial charge in [-0.05, 0) is 50.7 Å². The second kappa shape index (κ2) is 9.91. The zero-order valence-corrected chi connectivity index (χ0v) is 19.0. The van der Waals surface area contributed by atoms with Gasteiger partial charge in [-0.2, -0.15) is 0 Å². The van der Waals surface area contributed by atoms with E-state index in [2.05, 4.69) is 6.07 Å². The largest absolute Gasteiger partial charge is 0.493 e. The first-order valence-corrected chi connectivity index (χ1v) is 10.8. The normalized spacial score (nSPS) is 12.2. The zero-order valence-electron chi connectivity index (χ0n) is 18.2. The van der Waals surface area contributed by atoms with E-state index < -0.39 is 0 Å². The van der Waals surface area contributed by atoms with Crippen molar-refractivity contribution in [1.82, 2.24) is 14.8 Å². The Bertz CT molecular complexity index is 971. The molecule has 3 aromatic rings. The number of thiazole rings is 1. The van der Waals surface area contributed by atoms with Crippen LogP contribution >= 0.6 is 11.3 Å². The molecule has 0 bridgehead atoms. The number of aromatic nitrogens is 1. The number of carbonyl (C=O) groups excluding carboxylic acids is 1. The van der Waals surface area contributed by atoms with Crippen molar-refractivity contribution in [1.29, 1.82) is 0 Å². The van der Waals surface area contributed by atoms with Gasteiger partial charge in [0.2, 0.25) is 5.91 Å². The van der Waals surface area contributed by atoms with E-state index in [4.69, 9.17) is 14.5 Å². The Morgan fingerprint density at radius 2 is 1.93 bits per heavy atom. The number of methoxy groups -OCH3 is 1. The monoisotopic (exact) mass is 427 g/mol. The molecule has 0 spiro atoms. The fraction of sp³-hybridized carbons (Fsp3) is 0.391. The van der Waals surface area contributed by atoms with Crippen LogP contribution in [0, 0.1) is 0 Å². The average Bonchev–Trinajstić information content (AvgIpc) is 3.18. The van der Waals surface area contributed by atoms with Crippen LogP contribution in [-0.4, -0.2) is 55.0 Å². The van der Waals surface area contributed by atoms with Gasteiger partial charge in [0.25, 0.3) is 0 Å². The number of likely N-dealkylation sites (N-methyl/N-ethyl adjacent to an activating group) is 2. The van der Waals surface area contributed by atoms with Crippen molar-refractivity contribution >= 4 is 27.5 Å². The van der Waals surface area contributed by atoms with Crippen LogP contribution in [0.2, 0.25) is 0 Å². The highest BCUT2D eigenvalue weighted by Gasteiger charge is 2.21. The molecule has 0 saturated heterocycles. The minimum Gasteiger partial charge on any atom is -0.493 e. The van der Waals surface area contributed by atoms with Crippen LogP contribution in [0.5, 0.6) is 11.5 Å². The lowest BCUT2D eigenvalue weighted by molar-refractivity contribution is -0.132. The van der Waals surface area contributed by atoms with Crippen LogP contribution in [-0.2, 0) is 11.3 Å². The molecule has 0 radical (unpaired) electrons. The summed E-state index contributed by atoms with van der Waals surface area (Å²) in [5, 5.41) is 0.950. The molecule has 1 heterocycles. The smallest absolute Gasteiger partial charge is 0.237 e. The van der Waals surface area contributed by atoms with E-state index in [1.807, 2.05) is 69.2 Å². The van der Waals surface area contributed by atoms with Crippen LogP contribution in [0.4, 0.5) is 0 Å². The van der Waals surface area contributed by atoms with Gasteiger partial charge in [-0.15, -0.1) is 11.3 Å². The van der Waals surface area contributed by atoms with Crippen molar-refractivity contribution in [2.24, 2.45) is 0 Å². The summed E-state index contributed by atoms with van der Waals surface area (Å²) in [6, 6.07) is 13.8. The standard InChI is InChI=1S/C23H29N3O3S/c1-6-29-19-12-11-17(13-20(19)28-5)14-25(3)15-22(27)26(4)16(2)23-24-18-9-7-8-10-21(18)30-23/h7-13,16H,6,14-15H2,1-5H3/t16-/m1/s1. The quantitative estimate of drug-likeness (QED) is 0.508. The number of carbonyl (C=O) groups is 1. The molecule has 0 aliphatic carbocycles. The fourth-order valence-electron chi connectivity index (χ4n) is 3.25. The highest BCUT2D eigenvalue weighted by atomic mass is 32.1. The SMILES string of the molecule is CCOc1ccc(CN(C)CC(=O)N(C)[C@H](C)c2nc3ccccc3s2)cc1OC. The molecule has 3 rings (SSSR count). The fourth-order valence-corrected chi connectivity index (χ4v) is 4.31. The van der Waals surface area contributed by atoms with Crippen LogP contribution < -0.4 is 9.47 Å². The van der Waals surface area contributed by atoms with Crippen LogP contribution in [0.1, 0.15) is 30.5 Å². The van der Waals surface area contributed by atoms with Crippen molar-refractivity contribution in [2.75, 3.05) is 34.4 Å². The molecule has 0 N–H and O–H groups in total. The topological polar surface area (TPSA) is 54.9 Å². The third-order valence-electron chi connectivity index (χ3n) is 5.03. The molecule has 0 aliphatic rings. The predicted octanol–water partition coefficient (Wildman–Crippen LogP) is 4.36. The Morgan fingerprint density at radius 1 is 1.17 bits per heavy atom. The Labute approximate surface area is 182 Å². The molecular formula is C23H29N3O3S. The molecule has 0 fully saturated rings. The Morgan fingerprint density at radius 3 is 2.63 bits per heavy atom. The molecule has 7 heteroatoms. The maximum absolute atomic E-state index is 12.9. The molecule has 0 saturated carbocycles. The Balaban J connectivity index is 1.61. The third-order valence-corrected chi connectivity index (χ3v) is 6.23. The molecule has 30 heavy (non-hydrogen) atoms. The Hall–Kier alpha value is -2.64. The number of ether oxygens (including phenoxy) is 2. The number of fused-ring (bicyclic) bond motifs is 1. The van der Waals surface area contributed by atoms with Gasteiger partial charge < -0.3 is 14.4 Å². The molecule has 2 aromatic carbocycles. The van der Waals surface area contributed by atoms with E-state index >= 15 is 0 Å². The van der Waals surface area contributed by atoms with E-state index in [1.165, 1.54) is 0 Å². The summed E-state index contributed by atoms with van der Waals surface area (Å²) in [4.78, 5) is 21.3. The third kappa shape index (κ3) is 5.09. The first-order chi connectivity index (χ1) is 14.4. The number of benzene rings is 2. The lowest BCUT2D eigenvalue weighted by atomic mass is 10.2. The van der Waals surface area contributed by atoms with Crippen molar-refractivity contribution in [3.8, 4) is 11.5 Å². The van der Waals surface area contributed by atoms with E-state index in [0.717, 1.165) is 26.5 Å². The number of hydrogen-bond acceptors (Lipinski definition) is 6. The summed E-state index contributed by atoms with van der Waals surface area (Å²) in [5.41, 5.74) is 2.04. The zero-order chi connectivity index (χ0) is 21.7. The summed E-state index contributed by atoms with van der Waals surface area (Å²) in [6.45, 7) is 5.51. The van der Waals surface area contributed by atoms with E-state index in [-0.39, 0.29) is 11.9 Å². The maximum Gasteiger partial charge on any atom is 0.237 e. The van der Waals surface area contributed by atoms with Crippen molar-refractivity contribution in [3.63, 3.8) is 0 Å². The minimum absolute atomic E-state index is 0.0576. The van der Waals surface area contributed by atoms with Gasteiger partial charge in [-0.1, -0.05) is 18.2 Å². The summed E-state index contributed by atoms with van der Waals surface area (Å²) in [6.07, 6.45) is 0. The highest BCUT2D eigenvalue weighted by Crippen LogP contribution is 2.30. The molecule has 0 aliphatic heterocycles. The summed E-state index contributed by atoms with van der Waals surface area (Å²) < 4.78 is 12.1. The van der Waals surface area contributed by atoms with Gasteiger partial charge in [-0.25, -0.2) is 4.98 Å². The van der Waals surface area contributed by atoms with Gasteiger partial charge in [0, 0.05) is 13.6 Å². The van der Waals surface area contributed by atoms with E-state index in [1.54, 1.807) is 23.3 Å². The first-order valence-electron chi connectivity index (χ1n) is 10.0. The minimum atomic E-state index is -0.0751. The highest BCUT2D eigenvalue weighted by molar-refractivity contribution is 7.18. The van der Waals surface area contributed by atoms with Gasteiger partial charge in [0.15, 0.2) is 11.5 Å². The van der Waals surface area contributed by atoms with Crippen molar-refractivity contribution < 1.29 is 14.3 Å². The number of hydrogen-bond donors (Lipinski definition) is 0. The molecular weight excluding hydrogens is 398 g/mol. The Kier molecular flexibility index (Phi) is 7.29. The van der Waals surface area contributed by atoms with E-state index in [0.29, 0.717) is 25.4 Å². The van der Waals surface area contributed by atoms with Crippen LogP contribution in [0.15, 0.2) is 42.5 Å². The predicted molar refractivity (Wildman–Crippen MR) is 121 cm³/mol. The molecule has 160 valence electrons. The second-order valence-corrected chi connectivity index (χ2v) is 8.35. The first kappa shape index (κ1) is 22.1. The molecule has 1 atom stereocenters. The van der Waals surface area contributed by atoms with E-state index in [9.17, 15) is 4.79 Å². The molecule has 0 unspecified atom stereocenters. The summed E-state index contributed by atoms with van der Waals surface area (Å²) in [5.74, 6) is 1.49. The number of amides is 1. The van der Waals surface area contributed by atoms with Gasteiger partial charge >= 0.3 is 0 Å². The van der Waals surface area contributed by atoms with Gasteiger partial charge in [-0.3, -0.25) is 9.69 Å². The molecule has 6 nitrogen and oxygen atoms in total.